The van der Waals surface area contributed by atoms with Gasteiger partial charge in [0.05, 0.1) is 0 Å². The van der Waals surface area contributed by atoms with E-state index in [0.717, 1.165) is 0 Å². The van der Waals surface area contributed by atoms with Crippen molar-refractivity contribution in [2.75, 3.05) is 0 Å². The van der Waals surface area contributed by atoms with Gasteiger partial charge in [-0.15, -0.1) is 0 Å². The molecule has 0 unspecified atom stereocenters. The zero-order valence-electron chi connectivity index (χ0n) is 6.87. The second-order valence-corrected chi connectivity index (χ2v) is 5.50. The summed E-state index contributed by atoms with van der Waals surface area (Å²) in [4.78, 5) is 0. The summed E-state index contributed by atoms with van der Waals surface area (Å²) >= 11 is -0.593. The minimum atomic E-state index is -0.593. The molecule has 0 spiro atoms. The van der Waals surface area contributed by atoms with Gasteiger partial charge in [0.25, 0.3) is 0 Å². The number of halogens is 1. The van der Waals surface area contributed by atoms with Crippen LogP contribution in [0.25, 0.3) is 0 Å². The molecule has 0 saturated heterocycles. The van der Waals surface area contributed by atoms with Crippen molar-refractivity contribution in [1.82, 2.24) is 0 Å². The Morgan fingerprint density at radius 1 is 1.36 bits per heavy atom. The van der Waals surface area contributed by atoms with Crippen LogP contribution in [0.15, 0.2) is 24.3 Å². The van der Waals surface area contributed by atoms with Crippen LogP contribution in [0.4, 0.5) is 0 Å². The second kappa shape index (κ2) is 4.26. The maximum absolute atomic E-state index is 9.06. The van der Waals surface area contributed by atoms with Gasteiger partial charge in [0.15, 0.2) is 0 Å². The van der Waals surface area contributed by atoms with Crippen molar-refractivity contribution >= 4 is 0 Å². The Morgan fingerprint density at radius 2 is 2.00 bits per heavy atom. The van der Waals surface area contributed by atoms with Gasteiger partial charge in [-0.05, 0) is 0 Å². The molecule has 0 saturated carbocycles. The molecule has 1 rings (SSSR count). The maximum atomic E-state index is 9.06. The van der Waals surface area contributed by atoms with Gasteiger partial charge in [0, 0.05) is 0 Å². The van der Waals surface area contributed by atoms with Crippen molar-refractivity contribution < 1.29 is 25.1 Å². The van der Waals surface area contributed by atoms with E-state index >= 15 is 0 Å². The van der Waals surface area contributed by atoms with Crippen molar-refractivity contribution in [1.29, 1.82) is 0 Å². The van der Waals surface area contributed by atoms with Crippen molar-refractivity contribution in [2.24, 2.45) is 11.8 Å². The molecule has 0 aliphatic heterocycles. The van der Waals surface area contributed by atoms with Gasteiger partial charge in [0.1, 0.15) is 0 Å². The first-order valence-corrected chi connectivity index (χ1v) is 6.09. The van der Waals surface area contributed by atoms with Crippen molar-refractivity contribution in [2.45, 2.75) is 17.8 Å². The summed E-state index contributed by atoms with van der Waals surface area (Å²) in [7, 11) is 0. The number of hydrogen-bond acceptors (Lipinski definition) is 1. The molecule has 0 aromatic carbocycles. The number of allylic oxidation sites excluding steroid dienone is 4. The molecule has 1 nitrogen and oxygen atoms in total. The zero-order chi connectivity index (χ0) is 8.27. The van der Waals surface area contributed by atoms with E-state index in [0.29, 0.717) is 15.8 Å². The van der Waals surface area contributed by atoms with Crippen molar-refractivity contribution in [3.8, 4) is 0 Å². The predicted octanol–water partition coefficient (Wildman–Crippen LogP) is -1.25. The Hall–Kier alpha value is 0.170. The predicted molar refractivity (Wildman–Crippen MR) is 42.6 cm³/mol. The Kier molecular flexibility index (Phi) is 3.59. The van der Waals surface area contributed by atoms with Crippen LogP contribution in [-0.2, 0) is 0 Å². The summed E-state index contributed by atoms with van der Waals surface area (Å²) < 4.78 is 9.55. The summed E-state index contributed by atoms with van der Waals surface area (Å²) in [6.45, 7) is 4.35. The average molecular weight is 265 g/mol. The molecule has 1 N–H and O–H groups in total. The summed E-state index contributed by atoms with van der Waals surface area (Å²) in [6.07, 6.45) is 8.59. The summed E-state index contributed by atoms with van der Waals surface area (Å²) in [6, 6.07) is 0. The van der Waals surface area contributed by atoms with E-state index in [-0.39, 0.29) is 0 Å². The zero-order valence-corrected chi connectivity index (χ0v) is 9.02. The molecular weight excluding hydrogens is 251 g/mol. The fraction of sp³-hybridized carbons (Fsp3) is 0.556. The molecule has 0 fully saturated rings. The third kappa shape index (κ3) is 2.30. The fourth-order valence-corrected chi connectivity index (χ4v) is 2.64. The summed E-state index contributed by atoms with van der Waals surface area (Å²) in [5.74, 6) is 1.17. The van der Waals surface area contributed by atoms with Gasteiger partial charge < -0.3 is 0 Å². The van der Waals surface area contributed by atoms with Crippen LogP contribution < -0.4 is 21.6 Å². The standard InChI is InChI=1S/C9H14IO/c1-7-5-3-4-6-9(7)8(2)10-11/h3-9,11H,1-2H3/q-1/t7-,8-,9+/m1/s1. The van der Waals surface area contributed by atoms with Crippen LogP contribution >= 0.6 is 0 Å². The van der Waals surface area contributed by atoms with E-state index in [1.54, 1.807) is 0 Å². The van der Waals surface area contributed by atoms with Crippen molar-refractivity contribution in [3.63, 3.8) is 0 Å². The first-order chi connectivity index (χ1) is 5.25. The summed E-state index contributed by atoms with van der Waals surface area (Å²) in [5, 5.41) is 0. The molecule has 1 aliphatic rings. The number of hydrogen-bond donors (Lipinski definition) is 1. The molecule has 3 atom stereocenters. The van der Waals surface area contributed by atoms with Gasteiger partial charge in [-0.2, -0.15) is 0 Å². The van der Waals surface area contributed by atoms with Crippen LogP contribution in [0.1, 0.15) is 13.8 Å². The quantitative estimate of drug-likeness (QED) is 0.488. The number of alkyl halides is 1. The van der Waals surface area contributed by atoms with Gasteiger partial charge in [-0.25, -0.2) is 0 Å². The average Bonchev–Trinajstić information content (AvgIpc) is 2.04. The molecule has 2 heteroatoms. The Bertz CT molecular complexity index is 174. The molecule has 0 radical (unpaired) electrons. The van der Waals surface area contributed by atoms with Crippen LogP contribution in [0.5, 0.6) is 0 Å². The normalized spacial score (nSPS) is 32.6. The first kappa shape index (κ1) is 9.26. The Balaban J connectivity index is 2.58. The topological polar surface area (TPSA) is 20.2 Å². The third-order valence-corrected chi connectivity index (χ3v) is 3.86. The summed E-state index contributed by atoms with van der Waals surface area (Å²) in [5.41, 5.74) is 0. The Morgan fingerprint density at radius 3 is 2.55 bits per heavy atom. The third-order valence-electron chi connectivity index (χ3n) is 2.15. The molecular formula is C9H14IO-. The monoisotopic (exact) mass is 265 g/mol. The number of rotatable bonds is 2. The molecule has 0 bridgehead atoms. The van der Waals surface area contributed by atoms with Gasteiger partial charge >= 0.3 is 79.0 Å². The van der Waals surface area contributed by atoms with Crippen LogP contribution in [0, 0.1) is 11.8 Å². The molecule has 11 heavy (non-hydrogen) atoms. The fourth-order valence-electron chi connectivity index (χ4n) is 1.37. The van der Waals surface area contributed by atoms with Gasteiger partial charge in [-0.3, -0.25) is 0 Å². The van der Waals surface area contributed by atoms with Gasteiger partial charge in [0.2, 0.25) is 0 Å². The molecule has 0 heterocycles. The van der Waals surface area contributed by atoms with E-state index in [2.05, 4.69) is 38.2 Å². The molecule has 0 aromatic rings. The first-order valence-electron chi connectivity index (χ1n) is 3.88. The van der Waals surface area contributed by atoms with Gasteiger partial charge in [-0.1, -0.05) is 0 Å². The molecule has 1 aliphatic carbocycles. The van der Waals surface area contributed by atoms with E-state index in [1.807, 2.05) is 0 Å². The van der Waals surface area contributed by atoms with E-state index in [1.165, 1.54) is 0 Å². The second-order valence-electron chi connectivity index (χ2n) is 2.98. The van der Waals surface area contributed by atoms with Crippen LogP contribution in [0.3, 0.4) is 0 Å². The Labute approximate surface area is 79.0 Å². The van der Waals surface area contributed by atoms with Crippen LogP contribution in [0.2, 0.25) is 0 Å². The van der Waals surface area contributed by atoms with Crippen LogP contribution in [-0.4, -0.2) is 7.36 Å². The van der Waals surface area contributed by atoms with Crippen molar-refractivity contribution in [3.05, 3.63) is 24.3 Å². The van der Waals surface area contributed by atoms with E-state index in [9.17, 15) is 0 Å². The molecule has 64 valence electrons. The molecule has 0 amide bonds. The van der Waals surface area contributed by atoms with E-state index in [4.69, 9.17) is 3.44 Å². The van der Waals surface area contributed by atoms with E-state index < -0.39 is 21.6 Å². The molecule has 0 aromatic heterocycles. The SMILES string of the molecule is C[C@@H]1C=CC=C[C@@H]1[C@@H](C)[I-]O. The minimum absolute atomic E-state index is 0.491.